The molecule has 9 nitrogen and oxygen atoms in total. The average molecular weight is 457 g/mol. The Morgan fingerprint density at radius 3 is 2.77 bits per heavy atom. The molecule has 3 heterocycles. The fourth-order valence-electron chi connectivity index (χ4n) is 2.99. The molecule has 0 bridgehead atoms. The lowest BCUT2D eigenvalue weighted by Gasteiger charge is -2.30. The zero-order chi connectivity index (χ0) is 22.1. The molecular weight excluding hydrogens is 435 g/mol. The minimum absolute atomic E-state index is 0.110. The molecule has 0 unspecified atom stereocenters. The average Bonchev–Trinajstić information content (AvgIpc) is 3.07. The van der Waals surface area contributed by atoms with Gasteiger partial charge in [-0.1, -0.05) is 24.6 Å². The van der Waals surface area contributed by atoms with Crippen LogP contribution in [-0.2, 0) is 15.0 Å². The van der Waals surface area contributed by atoms with Crippen LogP contribution in [0.15, 0.2) is 24.4 Å². The van der Waals surface area contributed by atoms with Gasteiger partial charge in [0, 0.05) is 27.2 Å². The van der Waals surface area contributed by atoms with Gasteiger partial charge in [-0.05, 0) is 23.6 Å². The molecule has 0 saturated carbocycles. The highest BCUT2D eigenvalue weighted by molar-refractivity contribution is 7.87. The Kier molecular flexibility index (Phi) is 6.56. The van der Waals surface area contributed by atoms with E-state index in [-0.39, 0.29) is 31.5 Å². The summed E-state index contributed by atoms with van der Waals surface area (Å²) in [5, 5.41) is 0.292. The summed E-state index contributed by atoms with van der Waals surface area (Å²) in [6.45, 7) is 1.86. The zero-order valence-electron chi connectivity index (χ0n) is 16.7. The molecule has 0 radical (unpaired) electrons. The van der Waals surface area contributed by atoms with Crippen molar-refractivity contribution in [3.8, 4) is 11.5 Å². The molecule has 1 amide bonds. The van der Waals surface area contributed by atoms with Crippen molar-refractivity contribution in [1.82, 2.24) is 28.9 Å². The number of imidazole rings is 1. The van der Waals surface area contributed by atoms with Crippen molar-refractivity contribution in [2.75, 3.05) is 33.7 Å². The summed E-state index contributed by atoms with van der Waals surface area (Å²) in [6, 6.07) is 2.76. The van der Waals surface area contributed by atoms with Gasteiger partial charge in [0.1, 0.15) is 22.4 Å². The number of nitrogens with zero attached hydrogens (tertiary/aromatic N) is 4. The van der Waals surface area contributed by atoms with E-state index in [9.17, 15) is 17.6 Å². The Morgan fingerprint density at radius 2 is 2.17 bits per heavy atom. The quantitative estimate of drug-likeness (QED) is 0.684. The lowest BCUT2D eigenvalue weighted by atomic mass is 9.95. The van der Waals surface area contributed by atoms with Gasteiger partial charge < -0.3 is 9.88 Å². The number of hydrogen-bond acceptors (Lipinski definition) is 5. The lowest BCUT2D eigenvalue weighted by molar-refractivity contribution is -0.127. The predicted molar refractivity (Wildman–Crippen MR) is 111 cm³/mol. The van der Waals surface area contributed by atoms with Crippen LogP contribution in [0.3, 0.4) is 0 Å². The van der Waals surface area contributed by atoms with Crippen molar-refractivity contribution in [3.05, 3.63) is 41.1 Å². The summed E-state index contributed by atoms with van der Waals surface area (Å²) in [5.41, 5.74) is 1.73. The third-order valence-corrected chi connectivity index (χ3v) is 6.43. The van der Waals surface area contributed by atoms with E-state index in [0.29, 0.717) is 22.4 Å². The second kappa shape index (κ2) is 8.80. The maximum Gasteiger partial charge on any atom is 0.280 e. The van der Waals surface area contributed by atoms with Gasteiger partial charge >= 0.3 is 0 Å². The highest BCUT2D eigenvalue weighted by Gasteiger charge is 2.30. The number of rotatable bonds is 6. The number of aromatic amines is 1. The van der Waals surface area contributed by atoms with Gasteiger partial charge in [-0.2, -0.15) is 17.4 Å². The van der Waals surface area contributed by atoms with E-state index in [1.54, 1.807) is 20.2 Å². The predicted octanol–water partition coefficient (Wildman–Crippen LogP) is 1.52. The molecular formula is C18H22ClFN6O3S. The Labute approximate surface area is 179 Å². The number of hydrogen-bond donors (Lipinski definition) is 2. The molecule has 2 aromatic heterocycles. The standard InChI is InChI=1S/C18H22ClFN6O3S/c1-11-10-26(30(28,29)22-9-15(27)25(2)3)7-6-13(11)16-17(19)24-18(23-16)14-5-4-12(20)8-21-14/h4-6,8,11,22H,7,9-10H2,1-3H3,(H,23,24)/t11-/m0/s1. The number of carbonyl (C=O) groups is 1. The minimum atomic E-state index is -3.82. The summed E-state index contributed by atoms with van der Waals surface area (Å²) >= 11 is 6.32. The second-order valence-corrected chi connectivity index (χ2v) is 9.23. The van der Waals surface area contributed by atoms with Crippen LogP contribution in [-0.4, -0.2) is 72.2 Å². The first-order valence-electron chi connectivity index (χ1n) is 9.11. The minimum Gasteiger partial charge on any atom is -0.348 e. The number of nitrogens with one attached hydrogen (secondary N) is 2. The molecule has 162 valence electrons. The number of halogens is 2. The number of H-pyrrole nitrogens is 1. The molecule has 2 N–H and O–H groups in total. The summed E-state index contributed by atoms with van der Waals surface area (Å²) in [5.74, 6) is -0.607. The third kappa shape index (κ3) is 4.86. The van der Waals surface area contributed by atoms with Crippen LogP contribution in [0.5, 0.6) is 0 Å². The van der Waals surface area contributed by atoms with Crippen LogP contribution < -0.4 is 4.72 Å². The van der Waals surface area contributed by atoms with Crippen LogP contribution in [0, 0.1) is 11.7 Å². The largest absolute Gasteiger partial charge is 0.348 e. The molecule has 1 aliphatic heterocycles. The molecule has 1 aliphatic rings. The van der Waals surface area contributed by atoms with Crippen LogP contribution in [0.1, 0.15) is 12.6 Å². The third-order valence-electron chi connectivity index (χ3n) is 4.67. The molecule has 0 fully saturated rings. The van der Waals surface area contributed by atoms with Gasteiger partial charge in [0.15, 0.2) is 5.82 Å². The van der Waals surface area contributed by atoms with Crippen LogP contribution in [0.25, 0.3) is 17.1 Å². The van der Waals surface area contributed by atoms with E-state index in [2.05, 4.69) is 19.7 Å². The Bertz CT molecular complexity index is 1070. The van der Waals surface area contributed by atoms with Crippen molar-refractivity contribution in [3.63, 3.8) is 0 Å². The van der Waals surface area contributed by atoms with Crippen molar-refractivity contribution >= 4 is 33.3 Å². The fourth-order valence-corrected chi connectivity index (χ4v) is 4.41. The van der Waals surface area contributed by atoms with Gasteiger partial charge in [0.05, 0.1) is 12.7 Å². The van der Waals surface area contributed by atoms with Crippen molar-refractivity contribution in [1.29, 1.82) is 0 Å². The maximum atomic E-state index is 13.1. The second-order valence-electron chi connectivity index (χ2n) is 7.10. The van der Waals surface area contributed by atoms with E-state index >= 15 is 0 Å². The topological polar surface area (TPSA) is 111 Å². The van der Waals surface area contributed by atoms with E-state index in [0.717, 1.165) is 11.8 Å². The van der Waals surface area contributed by atoms with Crippen molar-refractivity contribution < 1.29 is 17.6 Å². The number of carbonyl (C=O) groups excluding carboxylic acids is 1. The van der Waals surface area contributed by atoms with Gasteiger partial charge in [-0.25, -0.2) is 14.4 Å². The van der Waals surface area contributed by atoms with Gasteiger partial charge in [-0.3, -0.25) is 4.79 Å². The number of aromatic nitrogens is 3. The number of pyridine rings is 1. The van der Waals surface area contributed by atoms with E-state index in [1.165, 1.54) is 21.3 Å². The molecule has 0 aromatic carbocycles. The number of likely N-dealkylation sites (N-methyl/N-ethyl adjacent to an activating group) is 1. The van der Waals surface area contributed by atoms with E-state index < -0.39 is 16.0 Å². The van der Waals surface area contributed by atoms with Crippen molar-refractivity contribution in [2.24, 2.45) is 5.92 Å². The summed E-state index contributed by atoms with van der Waals surface area (Å²) in [7, 11) is -0.711. The number of amides is 1. The first kappa shape index (κ1) is 22.3. The molecule has 0 spiro atoms. The smallest absolute Gasteiger partial charge is 0.280 e. The molecule has 12 heteroatoms. The summed E-state index contributed by atoms with van der Waals surface area (Å²) in [6.07, 6.45) is 2.83. The highest BCUT2D eigenvalue weighted by Crippen LogP contribution is 2.33. The Balaban J connectivity index is 1.77. The Hall–Kier alpha value is -2.34. The fraction of sp³-hybridized carbons (Fsp3) is 0.389. The molecule has 3 rings (SSSR count). The van der Waals surface area contributed by atoms with Crippen molar-refractivity contribution in [2.45, 2.75) is 6.92 Å². The summed E-state index contributed by atoms with van der Waals surface area (Å²) < 4.78 is 41.7. The molecule has 1 atom stereocenters. The SMILES string of the molecule is C[C@H]1CN(S(=O)(=O)NCC(=O)N(C)C)CC=C1c1nc(-c2ccc(F)cn2)[nH]c1Cl. The lowest BCUT2D eigenvalue weighted by Crippen LogP contribution is -2.47. The first-order valence-corrected chi connectivity index (χ1v) is 10.9. The summed E-state index contributed by atoms with van der Waals surface area (Å²) in [4.78, 5) is 24.4. The monoisotopic (exact) mass is 456 g/mol. The maximum absolute atomic E-state index is 13.1. The van der Waals surface area contributed by atoms with Crippen LogP contribution in [0.2, 0.25) is 5.15 Å². The normalized spacial score (nSPS) is 17.6. The van der Waals surface area contributed by atoms with E-state index in [4.69, 9.17) is 11.6 Å². The van der Waals surface area contributed by atoms with Crippen LogP contribution in [0.4, 0.5) is 4.39 Å². The molecule has 0 aliphatic carbocycles. The van der Waals surface area contributed by atoms with Crippen LogP contribution >= 0.6 is 11.6 Å². The highest BCUT2D eigenvalue weighted by atomic mass is 35.5. The van der Waals surface area contributed by atoms with E-state index in [1.807, 2.05) is 6.92 Å². The van der Waals surface area contributed by atoms with Gasteiger partial charge in [0.25, 0.3) is 10.2 Å². The first-order chi connectivity index (χ1) is 14.1. The zero-order valence-corrected chi connectivity index (χ0v) is 18.3. The van der Waals surface area contributed by atoms with Gasteiger partial charge in [-0.15, -0.1) is 0 Å². The molecule has 30 heavy (non-hydrogen) atoms. The Morgan fingerprint density at radius 1 is 1.43 bits per heavy atom. The molecule has 0 saturated heterocycles. The van der Waals surface area contributed by atoms with Gasteiger partial charge in [0.2, 0.25) is 5.91 Å². The molecule has 2 aromatic rings.